The van der Waals surface area contributed by atoms with Crippen molar-refractivity contribution in [3.05, 3.63) is 57.9 Å². The molecule has 0 saturated carbocycles. The second-order valence-electron chi connectivity index (χ2n) is 10.4. The van der Waals surface area contributed by atoms with Crippen molar-refractivity contribution in [1.82, 2.24) is 9.47 Å². The number of fused-ring (bicyclic) bond motifs is 2. The van der Waals surface area contributed by atoms with E-state index in [1.807, 2.05) is 18.4 Å². The number of carboxylic acids is 1. The summed E-state index contributed by atoms with van der Waals surface area (Å²) >= 11 is 0. The van der Waals surface area contributed by atoms with Crippen molar-refractivity contribution in [1.29, 1.82) is 0 Å². The van der Waals surface area contributed by atoms with Crippen LogP contribution in [-0.4, -0.2) is 50.5 Å². The van der Waals surface area contributed by atoms with Gasteiger partial charge in [-0.15, -0.1) is 0 Å². The number of amides is 2. The van der Waals surface area contributed by atoms with E-state index in [4.69, 9.17) is 4.74 Å². The molecule has 0 unspecified atom stereocenters. The van der Waals surface area contributed by atoms with Crippen LogP contribution in [0.2, 0.25) is 0 Å². The molecule has 0 fully saturated rings. The molecule has 8 heteroatoms. The highest BCUT2D eigenvalue weighted by Crippen LogP contribution is 2.39. The minimum Gasteiger partial charge on any atom is -0.478 e. The summed E-state index contributed by atoms with van der Waals surface area (Å²) in [6.07, 6.45) is 0.647. The number of carbonyl (C=O) groups excluding carboxylic acids is 3. The summed E-state index contributed by atoms with van der Waals surface area (Å²) < 4.78 is 7.41. The number of nitrogens with zero attached hydrogens (tertiary/aromatic N) is 2. The molecule has 33 heavy (non-hydrogen) atoms. The maximum Gasteiger partial charge on any atom is 0.341 e. The number of carboxylic acid groups (broad SMARTS) is 1. The molecule has 0 atom stereocenters. The number of hydrogen-bond acceptors (Lipinski definition) is 5. The Morgan fingerprint density at radius 2 is 1.64 bits per heavy atom. The Hall–Kier alpha value is -3.42. The van der Waals surface area contributed by atoms with Crippen LogP contribution in [0.4, 0.5) is 0 Å². The molecular formula is C25H28N2O6. The van der Waals surface area contributed by atoms with Gasteiger partial charge >= 0.3 is 11.9 Å². The Kier molecular flexibility index (Phi) is 5.22. The first-order valence-corrected chi connectivity index (χ1v) is 11.0. The number of imide groups is 1. The fourth-order valence-electron chi connectivity index (χ4n) is 4.73. The minimum absolute atomic E-state index is 0.0135. The van der Waals surface area contributed by atoms with Gasteiger partial charge in [-0.25, -0.2) is 9.59 Å². The van der Waals surface area contributed by atoms with Crippen molar-refractivity contribution in [2.75, 3.05) is 6.54 Å². The second kappa shape index (κ2) is 7.57. The molecule has 2 aliphatic heterocycles. The van der Waals surface area contributed by atoms with Crippen molar-refractivity contribution in [3.63, 3.8) is 0 Å². The SMILES string of the molecule is CC1(C)Cc2c(C(=O)O)c(C(=O)OC(C)(C)C)c(CCN3C(=O)c4ccccc4C3=O)n2C1. The molecule has 2 amide bonds. The summed E-state index contributed by atoms with van der Waals surface area (Å²) in [5, 5.41) is 10.0. The van der Waals surface area contributed by atoms with Crippen LogP contribution in [0.15, 0.2) is 24.3 Å². The molecule has 0 spiro atoms. The summed E-state index contributed by atoms with van der Waals surface area (Å²) in [6, 6.07) is 6.63. The summed E-state index contributed by atoms with van der Waals surface area (Å²) in [4.78, 5) is 52.1. The smallest absolute Gasteiger partial charge is 0.341 e. The lowest BCUT2D eigenvalue weighted by Gasteiger charge is -2.22. The molecule has 1 N–H and O–H groups in total. The molecule has 4 rings (SSSR count). The van der Waals surface area contributed by atoms with Gasteiger partial charge in [-0.1, -0.05) is 26.0 Å². The van der Waals surface area contributed by atoms with Gasteiger partial charge in [0, 0.05) is 30.9 Å². The first-order valence-electron chi connectivity index (χ1n) is 11.0. The molecule has 0 saturated heterocycles. The van der Waals surface area contributed by atoms with Crippen molar-refractivity contribution < 1.29 is 29.0 Å². The number of aromatic carboxylic acids is 1. The van der Waals surface area contributed by atoms with Gasteiger partial charge in [-0.05, 0) is 44.7 Å². The lowest BCUT2D eigenvalue weighted by molar-refractivity contribution is 0.00642. The Balaban J connectivity index is 1.74. The fourth-order valence-corrected chi connectivity index (χ4v) is 4.73. The molecule has 0 radical (unpaired) electrons. The van der Waals surface area contributed by atoms with E-state index in [9.17, 15) is 24.3 Å². The van der Waals surface area contributed by atoms with E-state index in [0.717, 1.165) is 4.90 Å². The Morgan fingerprint density at radius 3 is 2.15 bits per heavy atom. The van der Waals surface area contributed by atoms with E-state index >= 15 is 0 Å². The molecule has 0 bridgehead atoms. The van der Waals surface area contributed by atoms with Crippen LogP contribution in [0.3, 0.4) is 0 Å². The third-order valence-corrected chi connectivity index (χ3v) is 5.98. The summed E-state index contributed by atoms with van der Waals surface area (Å²) in [7, 11) is 0. The van der Waals surface area contributed by atoms with Crippen molar-refractivity contribution in [2.24, 2.45) is 5.41 Å². The van der Waals surface area contributed by atoms with Gasteiger partial charge in [0.15, 0.2) is 0 Å². The van der Waals surface area contributed by atoms with E-state index in [1.54, 1.807) is 45.0 Å². The first-order chi connectivity index (χ1) is 15.3. The van der Waals surface area contributed by atoms with Gasteiger partial charge in [0.05, 0.1) is 22.3 Å². The molecule has 174 valence electrons. The highest BCUT2D eigenvalue weighted by atomic mass is 16.6. The number of rotatable bonds is 5. The zero-order valence-corrected chi connectivity index (χ0v) is 19.5. The largest absolute Gasteiger partial charge is 0.478 e. The van der Waals surface area contributed by atoms with E-state index in [2.05, 4.69) is 0 Å². The number of hydrogen-bond donors (Lipinski definition) is 1. The maximum atomic E-state index is 13.1. The van der Waals surface area contributed by atoms with Crippen molar-refractivity contribution >= 4 is 23.8 Å². The molecule has 2 aromatic rings. The third-order valence-electron chi connectivity index (χ3n) is 5.98. The number of carbonyl (C=O) groups is 4. The van der Waals surface area contributed by atoms with Gasteiger partial charge in [-0.3, -0.25) is 14.5 Å². The zero-order chi connectivity index (χ0) is 24.3. The van der Waals surface area contributed by atoms with Gasteiger partial charge in [-0.2, -0.15) is 0 Å². The fraction of sp³-hybridized carbons (Fsp3) is 0.440. The number of ether oxygens (including phenoxy) is 1. The lowest BCUT2D eigenvalue weighted by atomic mass is 9.89. The monoisotopic (exact) mass is 452 g/mol. The summed E-state index contributed by atoms with van der Waals surface area (Å²) in [5.41, 5.74) is 0.732. The van der Waals surface area contributed by atoms with Crippen LogP contribution < -0.4 is 0 Å². The second-order valence-corrected chi connectivity index (χ2v) is 10.4. The standard InChI is InChI=1S/C25H28N2O6/c1-24(2,3)33-23(32)19-16(27-13-25(4,5)12-17(27)18(19)22(30)31)10-11-26-20(28)14-8-6-7-9-15(14)21(26)29/h6-9H,10-13H2,1-5H3,(H,30,31). The lowest BCUT2D eigenvalue weighted by Crippen LogP contribution is -2.33. The highest BCUT2D eigenvalue weighted by molar-refractivity contribution is 6.21. The molecule has 8 nitrogen and oxygen atoms in total. The van der Waals surface area contributed by atoms with E-state index in [-0.39, 0.29) is 41.3 Å². The average Bonchev–Trinajstić information content (AvgIpc) is 3.24. The molecule has 1 aromatic heterocycles. The molecule has 3 heterocycles. The normalized spacial score (nSPS) is 16.7. The van der Waals surface area contributed by atoms with Crippen molar-refractivity contribution in [2.45, 2.75) is 59.6 Å². The van der Waals surface area contributed by atoms with Crippen LogP contribution in [0.1, 0.15) is 87.4 Å². The quantitative estimate of drug-likeness (QED) is 0.549. The summed E-state index contributed by atoms with van der Waals surface area (Å²) in [6.45, 7) is 9.79. The minimum atomic E-state index is -1.19. The van der Waals surface area contributed by atoms with Gasteiger partial charge < -0.3 is 14.4 Å². The Bertz CT molecular complexity index is 1160. The average molecular weight is 453 g/mol. The number of aromatic nitrogens is 1. The van der Waals surface area contributed by atoms with E-state index in [1.165, 1.54) is 0 Å². The topological polar surface area (TPSA) is 106 Å². The van der Waals surface area contributed by atoms with Crippen LogP contribution >= 0.6 is 0 Å². The van der Waals surface area contributed by atoms with Crippen molar-refractivity contribution in [3.8, 4) is 0 Å². The van der Waals surface area contributed by atoms with Gasteiger partial charge in [0.25, 0.3) is 11.8 Å². The number of esters is 1. The molecular weight excluding hydrogens is 424 g/mol. The van der Waals surface area contributed by atoms with Crippen LogP contribution in [-0.2, 0) is 24.1 Å². The Labute approximate surface area is 192 Å². The van der Waals surface area contributed by atoms with Gasteiger partial charge in [0.2, 0.25) is 0 Å². The molecule has 1 aromatic carbocycles. The van der Waals surface area contributed by atoms with Crippen LogP contribution in [0.5, 0.6) is 0 Å². The first kappa shape index (κ1) is 22.8. The predicted molar refractivity (Wildman–Crippen MR) is 120 cm³/mol. The highest BCUT2D eigenvalue weighted by Gasteiger charge is 2.41. The Morgan fingerprint density at radius 1 is 1.06 bits per heavy atom. The maximum absolute atomic E-state index is 13.1. The summed E-state index contributed by atoms with van der Waals surface area (Å²) in [5.74, 6) is -2.68. The van der Waals surface area contributed by atoms with Crippen LogP contribution in [0, 0.1) is 5.41 Å². The molecule has 0 aliphatic carbocycles. The van der Waals surface area contributed by atoms with Crippen LogP contribution in [0.25, 0.3) is 0 Å². The van der Waals surface area contributed by atoms with Gasteiger partial charge in [0.1, 0.15) is 5.60 Å². The predicted octanol–water partition coefficient (Wildman–Crippen LogP) is 3.56. The molecule has 2 aliphatic rings. The zero-order valence-electron chi connectivity index (χ0n) is 19.5. The number of benzene rings is 1. The van der Waals surface area contributed by atoms with E-state index < -0.39 is 17.5 Å². The van der Waals surface area contributed by atoms with E-state index in [0.29, 0.717) is 35.5 Å². The third kappa shape index (κ3) is 3.94.